The fourth-order valence-corrected chi connectivity index (χ4v) is 2.04. The molecule has 0 aliphatic carbocycles. The lowest BCUT2D eigenvalue weighted by atomic mass is 9.96. The Morgan fingerprint density at radius 2 is 1.78 bits per heavy atom. The van der Waals surface area contributed by atoms with Gasteiger partial charge in [-0.15, -0.1) is 0 Å². The van der Waals surface area contributed by atoms with Crippen molar-refractivity contribution >= 4 is 5.69 Å². The van der Waals surface area contributed by atoms with Crippen molar-refractivity contribution in [3.05, 3.63) is 33.4 Å². The van der Waals surface area contributed by atoms with E-state index in [0.29, 0.717) is 0 Å². The number of phenolic OH excluding ortho intramolecular Hbond substituents is 1. The molecule has 1 aromatic rings. The van der Waals surface area contributed by atoms with E-state index in [2.05, 4.69) is 13.8 Å². The monoisotopic (exact) mass is 251 g/mol. The van der Waals surface area contributed by atoms with Gasteiger partial charge in [-0.3, -0.25) is 10.1 Å². The molecule has 0 aromatic heterocycles. The van der Waals surface area contributed by atoms with Crippen molar-refractivity contribution in [1.82, 2.24) is 0 Å². The molecule has 0 heterocycles. The summed E-state index contributed by atoms with van der Waals surface area (Å²) in [4.78, 5) is 10.4. The first-order chi connectivity index (χ1) is 8.60. The molecular weight excluding hydrogens is 230 g/mol. The Labute approximate surface area is 108 Å². The molecule has 1 rings (SSSR count). The van der Waals surface area contributed by atoms with E-state index < -0.39 is 4.92 Å². The lowest BCUT2D eigenvalue weighted by molar-refractivity contribution is -0.385. The molecule has 0 aliphatic rings. The van der Waals surface area contributed by atoms with Crippen molar-refractivity contribution in [2.24, 2.45) is 0 Å². The lowest BCUT2D eigenvalue weighted by Gasteiger charge is -2.11. The maximum atomic E-state index is 10.8. The lowest BCUT2D eigenvalue weighted by Crippen LogP contribution is -1.98. The van der Waals surface area contributed by atoms with E-state index in [1.54, 1.807) is 6.07 Å². The van der Waals surface area contributed by atoms with Gasteiger partial charge in [0.05, 0.1) is 11.0 Å². The Kier molecular flexibility index (Phi) is 5.62. The van der Waals surface area contributed by atoms with E-state index >= 15 is 0 Å². The number of aromatic hydroxyl groups is 1. The zero-order valence-corrected chi connectivity index (χ0v) is 11.1. The van der Waals surface area contributed by atoms with Crippen LogP contribution in [0.5, 0.6) is 5.75 Å². The minimum absolute atomic E-state index is 0.0150. The number of hydrogen-bond donors (Lipinski definition) is 1. The van der Waals surface area contributed by atoms with Crippen molar-refractivity contribution in [3.63, 3.8) is 0 Å². The zero-order valence-electron chi connectivity index (χ0n) is 11.1. The third-order valence-corrected chi connectivity index (χ3v) is 3.09. The number of unbranched alkanes of at least 4 members (excludes halogenated alkanes) is 2. The number of benzene rings is 1. The molecule has 100 valence electrons. The minimum atomic E-state index is -0.446. The molecule has 1 aromatic carbocycles. The highest BCUT2D eigenvalue weighted by atomic mass is 16.6. The Hall–Kier alpha value is -1.58. The molecule has 0 bridgehead atoms. The molecular formula is C14H21NO3. The summed E-state index contributed by atoms with van der Waals surface area (Å²) in [5.74, 6) is 0.0729. The first-order valence-corrected chi connectivity index (χ1v) is 6.59. The van der Waals surface area contributed by atoms with Crippen LogP contribution in [0.4, 0.5) is 5.69 Å². The van der Waals surface area contributed by atoms with Crippen LogP contribution >= 0.6 is 0 Å². The van der Waals surface area contributed by atoms with Gasteiger partial charge < -0.3 is 5.11 Å². The summed E-state index contributed by atoms with van der Waals surface area (Å²) in [5.41, 5.74) is 1.80. The molecule has 0 saturated heterocycles. The molecule has 0 unspecified atom stereocenters. The number of nitro benzene ring substituents is 1. The Morgan fingerprint density at radius 3 is 2.33 bits per heavy atom. The van der Waals surface area contributed by atoms with Gasteiger partial charge in [-0.25, -0.2) is 0 Å². The fraction of sp³-hybridized carbons (Fsp3) is 0.571. The van der Waals surface area contributed by atoms with Gasteiger partial charge in [0.15, 0.2) is 0 Å². The first-order valence-electron chi connectivity index (χ1n) is 6.59. The van der Waals surface area contributed by atoms with E-state index in [4.69, 9.17) is 0 Å². The highest BCUT2D eigenvalue weighted by molar-refractivity contribution is 5.49. The van der Waals surface area contributed by atoms with Crippen LogP contribution in [-0.2, 0) is 12.8 Å². The standard InChI is InChI=1S/C14H21NO3/c1-3-5-7-11-9-12(15(17)18)10-14(16)13(11)8-6-4-2/h9-10,16H,3-8H2,1-2H3. The molecule has 18 heavy (non-hydrogen) atoms. The first kappa shape index (κ1) is 14.5. The molecule has 0 spiro atoms. The van der Waals surface area contributed by atoms with Crippen LogP contribution in [-0.4, -0.2) is 10.0 Å². The summed E-state index contributed by atoms with van der Waals surface area (Å²) >= 11 is 0. The maximum Gasteiger partial charge on any atom is 0.273 e. The Morgan fingerprint density at radius 1 is 1.17 bits per heavy atom. The summed E-state index contributed by atoms with van der Waals surface area (Å²) in [6.07, 6.45) is 5.65. The van der Waals surface area contributed by atoms with Crippen LogP contribution in [0.2, 0.25) is 0 Å². The molecule has 0 saturated carbocycles. The molecule has 0 atom stereocenters. The van der Waals surface area contributed by atoms with Gasteiger partial charge in [0, 0.05) is 6.07 Å². The van der Waals surface area contributed by atoms with Gasteiger partial charge in [0.2, 0.25) is 0 Å². The SMILES string of the molecule is CCCCc1cc([N+](=O)[O-])cc(O)c1CCCC. The van der Waals surface area contributed by atoms with Gasteiger partial charge in [-0.2, -0.15) is 0 Å². The van der Waals surface area contributed by atoms with E-state index in [1.807, 2.05) is 0 Å². The quantitative estimate of drug-likeness (QED) is 0.588. The number of non-ortho nitro benzene ring substituents is 1. The Balaban J connectivity index is 3.08. The summed E-state index contributed by atoms with van der Waals surface area (Å²) < 4.78 is 0. The second-order valence-corrected chi connectivity index (χ2v) is 4.57. The van der Waals surface area contributed by atoms with Crippen LogP contribution in [0.3, 0.4) is 0 Å². The summed E-state index contributed by atoms with van der Waals surface area (Å²) in [7, 11) is 0. The van der Waals surface area contributed by atoms with Crippen LogP contribution in [0.1, 0.15) is 50.7 Å². The summed E-state index contributed by atoms with van der Waals surface area (Å²) in [5, 5.41) is 20.7. The van der Waals surface area contributed by atoms with Gasteiger partial charge in [0.1, 0.15) is 5.75 Å². The largest absolute Gasteiger partial charge is 0.507 e. The van der Waals surface area contributed by atoms with Gasteiger partial charge in [-0.1, -0.05) is 26.7 Å². The average Bonchev–Trinajstić information content (AvgIpc) is 2.34. The number of rotatable bonds is 7. The van der Waals surface area contributed by atoms with Crippen molar-refractivity contribution < 1.29 is 10.0 Å². The Bertz CT molecular complexity index is 416. The van der Waals surface area contributed by atoms with E-state index in [1.165, 1.54) is 6.07 Å². The maximum absolute atomic E-state index is 10.8. The third-order valence-electron chi connectivity index (χ3n) is 3.09. The average molecular weight is 251 g/mol. The predicted molar refractivity (Wildman–Crippen MR) is 72.0 cm³/mol. The van der Waals surface area contributed by atoms with Crippen molar-refractivity contribution in [2.75, 3.05) is 0 Å². The number of phenols is 1. The van der Waals surface area contributed by atoms with Crippen LogP contribution in [0, 0.1) is 10.1 Å². The highest BCUT2D eigenvalue weighted by Crippen LogP contribution is 2.30. The minimum Gasteiger partial charge on any atom is -0.507 e. The van der Waals surface area contributed by atoms with Gasteiger partial charge in [0.25, 0.3) is 5.69 Å². The summed E-state index contributed by atoms with van der Waals surface area (Å²) in [6.45, 7) is 4.18. The number of aryl methyl sites for hydroxylation is 1. The van der Waals surface area contributed by atoms with E-state index in [-0.39, 0.29) is 11.4 Å². The topological polar surface area (TPSA) is 63.4 Å². The highest BCUT2D eigenvalue weighted by Gasteiger charge is 2.15. The second-order valence-electron chi connectivity index (χ2n) is 4.57. The van der Waals surface area contributed by atoms with Crippen LogP contribution in [0.25, 0.3) is 0 Å². The molecule has 0 aliphatic heterocycles. The third kappa shape index (κ3) is 3.72. The molecule has 1 N–H and O–H groups in total. The van der Waals surface area contributed by atoms with Crippen molar-refractivity contribution in [2.45, 2.75) is 52.4 Å². The fourth-order valence-electron chi connectivity index (χ4n) is 2.04. The van der Waals surface area contributed by atoms with Crippen LogP contribution in [0.15, 0.2) is 12.1 Å². The van der Waals surface area contributed by atoms with Crippen LogP contribution < -0.4 is 0 Å². The van der Waals surface area contributed by atoms with Crippen molar-refractivity contribution in [3.8, 4) is 5.75 Å². The molecule has 4 heteroatoms. The second kappa shape index (κ2) is 6.99. The van der Waals surface area contributed by atoms with Gasteiger partial charge in [-0.05, 0) is 36.8 Å². The van der Waals surface area contributed by atoms with E-state index in [0.717, 1.165) is 49.7 Å². The zero-order chi connectivity index (χ0) is 13.5. The smallest absolute Gasteiger partial charge is 0.273 e. The molecule has 0 radical (unpaired) electrons. The predicted octanol–water partition coefficient (Wildman–Crippen LogP) is 3.99. The van der Waals surface area contributed by atoms with Gasteiger partial charge >= 0.3 is 0 Å². The molecule has 0 amide bonds. The molecule has 0 fully saturated rings. The number of nitrogens with zero attached hydrogens (tertiary/aromatic N) is 1. The number of hydrogen-bond acceptors (Lipinski definition) is 3. The normalized spacial score (nSPS) is 10.6. The van der Waals surface area contributed by atoms with Crippen molar-refractivity contribution in [1.29, 1.82) is 0 Å². The molecule has 4 nitrogen and oxygen atoms in total. The number of nitro groups is 1. The summed E-state index contributed by atoms with van der Waals surface area (Å²) in [6, 6.07) is 2.88. The van der Waals surface area contributed by atoms with E-state index in [9.17, 15) is 15.2 Å².